The average Bonchev–Trinajstić information content (AvgIpc) is 2.89. The normalized spacial score (nSPS) is 10.1. The molecule has 0 aliphatic rings. The summed E-state index contributed by atoms with van der Waals surface area (Å²) in [7, 11) is 3.51. The maximum Gasteiger partial charge on any atom is 0.253 e. The summed E-state index contributed by atoms with van der Waals surface area (Å²) in [6.07, 6.45) is 0. The van der Waals surface area contributed by atoms with Crippen LogP contribution in [0, 0.1) is 0 Å². The molecular formula is C14H16N2OS. The molecule has 1 amide bonds. The van der Waals surface area contributed by atoms with Gasteiger partial charge in [0.25, 0.3) is 5.91 Å². The van der Waals surface area contributed by atoms with Crippen LogP contribution in [0.25, 0.3) is 0 Å². The van der Waals surface area contributed by atoms with Gasteiger partial charge in [0.2, 0.25) is 0 Å². The van der Waals surface area contributed by atoms with Crippen molar-refractivity contribution >= 4 is 22.9 Å². The van der Waals surface area contributed by atoms with E-state index < -0.39 is 0 Å². The zero-order valence-electron chi connectivity index (χ0n) is 10.5. The highest BCUT2D eigenvalue weighted by Gasteiger charge is 2.06. The van der Waals surface area contributed by atoms with E-state index in [4.69, 9.17) is 0 Å². The molecule has 0 bridgehead atoms. The Bertz CT molecular complexity index is 503. The highest BCUT2D eigenvalue weighted by atomic mass is 32.1. The van der Waals surface area contributed by atoms with E-state index in [-0.39, 0.29) is 5.91 Å². The molecule has 1 heterocycles. The molecule has 0 radical (unpaired) electrons. The molecule has 3 nitrogen and oxygen atoms in total. The Morgan fingerprint density at radius 2 is 1.94 bits per heavy atom. The predicted molar refractivity (Wildman–Crippen MR) is 76.1 cm³/mol. The summed E-state index contributed by atoms with van der Waals surface area (Å²) in [4.78, 5) is 13.3. The zero-order chi connectivity index (χ0) is 13.0. The van der Waals surface area contributed by atoms with Crippen molar-refractivity contribution in [3.05, 3.63) is 52.2 Å². The fourth-order valence-corrected chi connectivity index (χ4v) is 2.25. The van der Waals surface area contributed by atoms with Crippen LogP contribution in [0.4, 0.5) is 5.69 Å². The lowest BCUT2D eigenvalue weighted by molar-refractivity contribution is 0.0827. The molecule has 0 fully saturated rings. The second-order valence-electron chi connectivity index (χ2n) is 4.26. The molecule has 0 spiro atoms. The number of carbonyl (C=O) groups is 1. The van der Waals surface area contributed by atoms with Crippen molar-refractivity contribution < 1.29 is 4.79 Å². The van der Waals surface area contributed by atoms with Crippen molar-refractivity contribution in [1.29, 1.82) is 0 Å². The van der Waals surface area contributed by atoms with Gasteiger partial charge in [-0.05, 0) is 46.7 Å². The van der Waals surface area contributed by atoms with Gasteiger partial charge >= 0.3 is 0 Å². The number of hydrogen-bond donors (Lipinski definition) is 1. The fourth-order valence-electron chi connectivity index (χ4n) is 1.59. The summed E-state index contributed by atoms with van der Waals surface area (Å²) in [5, 5.41) is 7.51. The minimum Gasteiger partial charge on any atom is -0.381 e. The molecule has 94 valence electrons. The first-order valence-corrected chi connectivity index (χ1v) is 6.68. The average molecular weight is 260 g/mol. The number of nitrogens with zero attached hydrogens (tertiary/aromatic N) is 1. The number of thiophene rings is 1. The van der Waals surface area contributed by atoms with Crippen LogP contribution < -0.4 is 5.32 Å². The molecule has 1 N–H and O–H groups in total. The van der Waals surface area contributed by atoms with Crippen LogP contribution in [0.15, 0.2) is 41.1 Å². The third kappa shape index (κ3) is 3.11. The van der Waals surface area contributed by atoms with Gasteiger partial charge in [-0.1, -0.05) is 0 Å². The van der Waals surface area contributed by atoms with E-state index in [9.17, 15) is 4.79 Å². The molecule has 0 aliphatic heterocycles. The van der Waals surface area contributed by atoms with Gasteiger partial charge in [-0.15, -0.1) is 0 Å². The lowest BCUT2D eigenvalue weighted by Gasteiger charge is -2.11. The second-order valence-corrected chi connectivity index (χ2v) is 5.04. The molecule has 0 atom stereocenters. The first kappa shape index (κ1) is 12.6. The van der Waals surface area contributed by atoms with Crippen molar-refractivity contribution in [1.82, 2.24) is 4.90 Å². The monoisotopic (exact) mass is 260 g/mol. The van der Waals surface area contributed by atoms with E-state index >= 15 is 0 Å². The zero-order valence-corrected chi connectivity index (χ0v) is 11.3. The highest BCUT2D eigenvalue weighted by Crippen LogP contribution is 2.13. The Labute approximate surface area is 111 Å². The molecule has 0 saturated carbocycles. The van der Waals surface area contributed by atoms with Crippen molar-refractivity contribution in [2.45, 2.75) is 6.54 Å². The third-order valence-corrected chi connectivity index (χ3v) is 3.35. The number of rotatable bonds is 4. The lowest BCUT2D eigenvalue weighted by Crippen LogP contribution is -2.21. The molecule has 1 aromatic heterocycles. The molecule has 2 aromatic rings. The van der Waals surface area contributed by atoms with E-state index in [2.05, 4.69) is 22.1 Å². The fraction of sp³-hybridized carbons (Fsp3) is 0.214. The van der Waals surface area contributed by atoms with E-state index in [0.29, 0.717) is 5.56 Å². The molecule has 1 aromatic carbocycles. The number of hydrogen-bond acceptors (Lipinski definition) is 3. The van der Waals surface area contributed by atoms with Gasteiger partial charge in [-0.2, -0.15) is 11.3 Å². The van der Waals surface area contributed by atoms with E-state index in [1.165, 1.54) is 5.56 Å². The molecular weight excluding hydrogens is 244 g/mol. The van der Waals surface area contributed by atoms with Crippen molar-refractivity contribution in [3.8, 4) is 0 Å². The van der Waals surface area contributed by atoms with Gasteiger partial charge in [-0.3, -0.25) is 4.79 Å². The Morgan fingerprint density at radius 3 is 2.50 bits per heavy atom. The van der Waals surface area contributed by atoms with Gasteiger partial charge in [0, 0.05) is 31.9 Å². The van der Waals surface area contributed by atoms with Crippen LogP contribution in [0.5, 0.6) is 0 Å². The third-order valence-electron chi connectivity index (χ3n) is 2.61. The van der Waals surface area contributed by atoms with Gasteiger partial charge < -0.3 is 10.2 Å². The minimum absolute atomic E-state index is 0.0272. The van der Waals surface area contributed by atoms with E-state index in [1.807, 2.05) is 24.3 Å². The molecule has 0 unspecified atom stereocenters. The Balaban J connectivity index is 1.97. The van der Waals surface area contributed by atoms with Gasteiger partial charge in [0.15, 0.2) is 0 Å². The molecule has 18 heavy (non-hydrogen) atoms. The van der Waals surface area contributed by atoms with Gasteiger partial charge in [-0.25, -0.2) is 0 Å². The van der Waals surface area contributed by atoms with Gasteiger partial charge in [0.05, 0.1) is 0 Å². The minimum atomic E-state index is 0.0272. The number of amides is 1. The quantitative estimate of drug-likeness (QED) is 0.916. The van der Waals surface area contributed by atoms with Gasteiger partial charge in [0.1, 0.15) is 0 Å². The number of anilines is 1. The van der Waals surface area contributed by atoms with E-state index in [1.54, 1.807) is 30.3 Å². The maximum absolute atomic E-state index is 11.7. The SMILES string of the molecule is CN(C)C(=O)c1ccc(NCc2ccsc2)cc1. The summed E-state index contributed by atoms with van der Waals surface area (Å²) in [6.45, 7) is 0.810. The first-order valence-electron chi connectivity index (χ1n) is 5.73. The topological polar surface area (TPSA) is 32.3 Å². The van der Waals surface area contributed by atoms with Crippen LogP contribution in [0.2, 0.25) is 0 Å². The van der Waals surface area contributed by atoms with Crippen LogP contribution >= 0.6 is 11.3 Å². The van der Waals surface area contributed by atoms with Crippen molar-refractivity contribution in [2.75, 3.05) is 19.4 Å². The van der Waals surface area contributed by atoms with Crippen LogP contribution in [-0.2, 0) is 6.54 Å². The van der Waals surface area contributed by atoms with Crippen LogP contribution in [-0.4, -0.2) is 24.9 Å². The smallest absolute Gasteiger partial charge is 0.253 e. The predicted octanol–water partition coefficient (Wildman–Crippen LogP) is 3.06. The number of benzene rings is 1. The summed E-state index contributed by atoms with van der Waals surface area (Å²) < 4.78 is 0. The molecule has 4 heteroatoms. The Morgan fingerprint density at radius 1 is 1.22 bits per heavy atom. The maximum atomic E-state index is 11.7. The van der Waals surface area contributed by atoms with Crippen LogP contribution in [0.1, 0.15) is 15.9 Å². The summed E-state index contributed by atoms with van der Waals surface area (Å²) in [5.41, 5.74) is 3.01. The number of nitrogens with one attached hydrogen (secondary N) is 1. The second kappa shape index (κ2) is 5.69. The molecule has 0 aliphatic carbocycles. The van der Waals surface area contributed by atoms with Crippen molar-refractivity contribution in [2.24, 2.45) is 0 Å². The standard InChI is InChI=1S/C14H16N2OS/c1-16(2)14(17)12-3-5-13(6-4-12)15-9-11-7-8-18-10-11/h3-8,10,15H,9H2,1-2H3. The summed E-state index contributed by atoms with van der Waals surface area (Å²) in [5.74, 6) is 0.0272. The largest absolute Gasteiger partial charge is 0.381 e. The first-order chi connectivity index (χ1) is 8.66. The van der Waals surface area contributed by atoms with Crippen molar-refractivity contribution in [3.63, 3.8) is 0 Å². The summed E-state index contributed by atoms with van der Waals surface area (Å²) >= 11 is 1.69. The highest BCUT2D eigenvalue weighted by molar-refractivity contribution is 7.07. The lowest BCUT2D eigenvalue weighted by atomic mass is 10.2. The Kier molecular flexibility index (Phi) is 3.99. The Hall–Kier alpha value is -1.81. The van der Waals surface area contributed by atoms with E-state index in [0.717, 1.165) is 12.2 Å². The summed E-state index contributed by atoms with van der Waals surface area (Å²) in [6, 6.07) is 9.66. The number of carbonyl (C=O) groups excluding carboxylic acids is 1. The van der Waals surface area contributed by atoms with Crippen LogP contribution in [0.3, 0.4) is 0 Å². The molecule has 0 saturated heterocycles. The molecule has 2 rings (SSSR count).